The van der Waals surface area contributed by atoms with E-state index in [1.165, 1.54) is 23.1 Å². The molecule has 0 heterocycles. The Labute approximate surface area is 240 Å². The van der Waals surface area contributed by atoms with Gasteiger partial charge in [-0.3, -0.25) is 13.9 Å². The van der Waals surface area contributed by atoms with Crippen molar-refractivity contribution in [3.8, 4) is 0 Å². The number of amides is 2. The lowest BCUT2D eigenvalue weighted by atomic mass is 10.0. The van der Waals surface area contributed by atoms with E-state index in [-0.39, 0.29) is 35.6 Å². The van der Waals surface area contributed by atoms with Crippen LogP contribution < -0.4 is 9.62 Å². The number of benzene rings is 3. The first kappa shape index (κ1) is 30.5. The van der Waals surface area contributed by atoms with Gasteiger partial charge in [0.05, 0.1) is 17.0 Å². The van der Waals surface area contributed by atoms with Gasteiger partial charge in [-0.25, -0.2) is 8.42 Å². The fourth-order valence-corrected chi connectivity index (χ4v) is 5.61. The molecule has 208 valence electrons. The molecule has 0 aromatic heterocycles. The van der Waals surface area contributed by atoms with Crippen molar-refractivity contribution in [3.63, 3.8) is 0 Å². The zero-order chi connectivity index (χ0) is 28.7. The fourth-order valence-electron chi connectivity index (χ4n) is 4.18. The maximum Gasteiger partial charge on any atom is 0.244 e. The summed E-state index contributed by atoms with van der Waals surface area (Å²) in [5.41, 5.74) is 2.78. The minimum Gasteiger partial charge on any atom is -0.352 e. The van der Waals surface area contributed by atoms with Gasteiger partial charge in [0.15, 0.2) is 0 Å². The van der Waals surface area contributed by atoms with Crippen molar-refractivity contribution < 1.29 is 18.0 Å². The first-order chi connectivity index (χ1) is 18.4. The zero-order valence-corrected chi connectivity index (χ0v) is 24.7. The first-order valence-electron chi connectivity index (χ1n) is 12.5. The van der Waals surface area contributed by atoms with Gasteiger partial charge in [-0.05, 0) is 55.7 Å². The Kier molecular flexibility index (Phi) is 10.4. The first-order valence-corrected chi connectivity index (χ1v) is 15.1. The van der Waals surface area contributed by atoms with Gasteiger partial charge in [0, 0.05) is 24.0 Å². The number of rotatable bonds is 11. The molecule has 3 aromatic rings. The van der Waals surface area contributed by atoms with Crippen molar-refractivity contribution in [2.45, 2.75) is 45.8 Å². The summed E-state index contributed by atoms with van der Waals surface area (Å²) in [6.07, 6.45) is 1.25. The third-order valence-electron chi connectivity index (χ3n) is 6.16. The molecule has 7 nitrogen and oxygen atoms in total. The van der Waals surface area contributed by atoms with Gasteiger partial charge in [-0.1, -0.05) is 77.8 Å². The summed E-state index contributed by atoms with van der Waals surface area (Å²) in [6, 6.07) is 20.3. The van der Waals surface area contributed by atoms with Crippen molar-refractivity contribution in [2.24, 2.45) is 0 Å². The van der Waals surface area contributed by atoms with Gasteiger partial charge < -0.3 is 10.2 Å². The predicted molar refractivity (Wildman–Crippen MR) is 158 cm³/mol. The summed E-state index contributed by atoms with van der Waals surface area (Å²) in [5, 5.41) is 3.35. The Hall–Kier alpha value is -3.07. The molecular weight excluding hydrogens is 557 g/mol. The van der Waals surface area contributed by atoms with E-state index in [0.717, 1.165) is 27.3 Å². The molecule has 0 aliphatic rings. The lowest BCUT2D eigenvalue weighted by Crippen LogP contribution is -2.54. The van der Waals surface area contributed by atoms with Crippen LogP contribution >= 0.6 is 23.2 Å². The topological polar surface area (TPSA) is 86.8 Å². The average Bonchev–Trinajstić information content (AvgIpc) is 2.85. The van der Waals surface area contributed by atoms with Gasteiger partial charge in [-0.2, -0.15) is 0 Å². The third-order valence-corrected chi connectivity index (χ3v) is 7.83. The highest BCUT2D eigenvalue weighted by Crippen LogP contribution is 2.30. The van der Waals surface area contributed by atoms with Gasteiger partial charge >= 0.3 is 0 Å². The SMILES string of the molecule is Cc1ccccc1CN(C(=O)CN(c1ccc(Cl)cc1Cl)S(C)(=O)=O)[C@H](Cc1ccccc1)C(=O)NC(C)C. The second-order valence-electron chi connectivity index (χ2n) is 9.68. The molecule has 0 radical (unpaired) electrons. The van der Waals surface area contributed by atoms with Crippen LogP contribution in [-0.4, -0.2) is 50.0 Å². The van der Waals surface area contributed by atoms with E-state index in [0.29, 0.717) is 5.02 Å². The zero-order valence-electron chi connectivity index (χ0n) is 22.4. The minimum absolute atomic E-state index is 0.0876. The van der Waals surface area contributed by atoms with E-state index < -0.39 is 28.5 Å². The quantitative estimate of drug-likeness (QED) is 0.331. The normalized spacial score (nSPS) is 12.2. The van der Waals surface area contributed by atoms with Gasteiger partial charge in [0.1, 0.15) is 12.6 Å². The maximum absolute atomic E-state index is 14.1. The highest BCUT2D eigenvalue weighted by molar-refractivity contribution is 7.92. The number of carbonyl (C=O) groups excluding carboxylic acids is 2. The van der Waals surface area contributed by atoms with E-state index in [2.05, 4.69) is 5.32 Å². The second-order valence-corrected chi connectivity index (χ2v) is 12.4. The molecule has 10 heteroatoms. The van der Waals surface area contributed by atoms with E-state index in [1.54, 1.807) is 0 Å². The molecule has 0 spiro atoms. The molecule has 39 heavy (non-hydrogen) atoms. The van der Waals surface area contributed by atoms with E-state index in [9.17, 15) is 18.0 Å². The molecule has 1 N–H and O–H groups in total. The van der Waals surface area contributed by atoms with Crippen LogP contribution in [0.3, 0.4) is 0 Å². The number of aryl methyl sites for hydroxylation is 1. The van der Waals surface area contributed by atoms with Crippen LogP contribution in [0.25, 0.3) is 0 Å². The van der Waals surface area contributed by atoms with Crippen LogP contribution in [0.1, 0.15) is 30.5 Å². The van der Waals surface area contributed by atoms with Crippen LogP contribution in [0.5, 0.6) is 0 Å². The van der Waals surface area contributed by atoms with Crippen molar-refractivity contribution in [3.05, 3.63) is 99.5 Å². The number of nitrogens with one attached hydrogen (secondary N) is 1. The molecule has 0 unspecified atom stereocenters. The number of hydrogen-bond donors (Lipinski definition) is 1. The maximum atomic E-state index is 14.1. The molecule has 0 bridgehead atoms. The highest BCUT2D eigenvalue weighted by atomic mass is 35.5. The smallest absolute Gasteiger partial charge is 0.244 e. The van der Waals surface area contributed by atoms with E-state index >= 15 is 0 Å². The van der Waals surface area contributed by atoms with Crippen molar-refractivity contribution in [1.82, 2.24) is 10.2 Å². The number of halogens is 2. The number of anilines is 1. The molecule has 2 amide bonds. The Morgan fingerprint density at radius 3 is 2.18 bits per heavy atom. The third kappa shape index (κ3) is 8.46. The largest absolute Gasteiger partial charge is 0.352 e. The number of hydrogen-bond acceptors (Lipinski definition) is 4. The predicted octanol–water partition coefficient (Wildman–Crippen LogP) is 5.23. The average molecular weight is 591 g/mol. The second kappa shape index (κ2) is 13.3. The van der Waals surface area contributed by atoms with Crippen LogP contribution in [0.4, 0.5) is 5.69 Å². The monoisotopic (exact) mass is 589 g/mol. The summed E-state index contributed by atoms with van der Waals surface area (Å²) >= 11 is 12.4. The lowest BCUT2D eigenvalue weighted by Gasteiger charge is -2.34. The highest BCUT2D eigenvalue weighted by Gasteiger charge is 2.34. The van der Waals surface area contributed by atoms with Crippen molar-refractivity contribution in [2.75, 3.05) is 17.1 Å². The summed E-state index contributed by atoms with van der Waals surface area (Å²) in [5.74, 6) is -0.874. The fraction of sp³-hybridized carbons (Fsp3) is 0.310. The lowest BCUT2D eigenvalue weighted by molar-refractivity contribution is -0.140. The summed E-state index contributed by atoms with van der Waals surface area (Å²) < 4.78 is 26.7. The van der Waals surface area contributed by atoms with Crippen LogP contribution in [-0.2, 0) is 32.6 Å². The Balaban J connectivity index is 2.08. The van der Waals surface area contributed by atoms with Gasteiger partial charge in [0.25, 0.3) is 0 Å². The standard InChI is InChI=1S/C29H33Cl2N3O4S/c1-20(2)32-29(36)27(16-22-11-6-5-7-12-22)33(18-23-13-9-8-10-21(23)3)28(35)19-34(39(4,37)38)26-15-14-24(30)17-25(26)31/h5-15,17,20,27H,16,18-19H2,1-4H3,(H,32,36)/t27-/m1/s1. The van der Waals surface area contributed by atoms with Crippen LogP contribution in [0.15, 0.2) is 72.8 Å². The molecule has 3 rings (SSSR count). The van der Waals surface area contributed by atoms with Gasteiger partial charge in [-0.15, -0.1) is 0 Å². The summed E-state index contributed by atoms with van der Waals surface area (Å²) in [6.45, 7) is 5.18. The Bertz CT molecular complexity index is 1420. The van der Waals surface area contributed by atoms with Crippen LogP contribution in [0.2, 0.25) is 10.0 Å². The molecule has 0 fully saturated rings. The molecular formula is C29H33Cl2N3O4S. The minimum atomic E-state index is -3.93. The van der Waals surface area contributed by atoms with E-state index in [4.69, 9.17) is 23.2 Å². The van der Waals surface area contributed by atoms with Crippen LogP contribution in [0, 0.1) is 6.92 Å². The molecule has 0 aliphatic heterocycles. The molecule has 1 atom stereocenters. The van der Waals surface area contributed by atoms with Crippen molar-refractivity contribution >= 4 is 50.7 Å². The molecule has 3 aromatic carbocycles. The molecule has 0 saturated carbocycles. The number of carbonyl (C=O) groups is 2. The number of sulfonamides is 1. The number of nitrogens with zero attached hydrogens (tertiary/aromatic N) is 2. The summed E-state index contributed by atoms with van der Waals surface area (Å²) in [7, 11) is -3.93. The Morgan fingerprint density at radius 1 is 0.949 bits per heavy atom. The molecule has 0 aliphatic carbocycles. The van der Waals surface area contributed by atoms with Gasteiger partial charge in [0.2, 0.25) is 21.8 Å². The van der Waals surface area contributed by atoms with Crippen molar-refractivity contribution in [1.29, 1.82) is 0 Å². The molecule has 0 saturated heterocycles. The summed E-state index contributed by atoms with van der Waals surface area (Å²) in [4.78, 5) is 29.1. The Morgan fingerprint density at radius 2 is 1.59 bits per heavy atom. The van der Waals surface area contributed by atoms with E-state index in [1.807, 2.05) is 75.4 Å².